The van der Waals surface area contributed by atoms with Crippen LogP contribution in [0, 0.1) is 12.8 Å². The summed E-state index contributed by atoms with van der Waals surface area (Å²) in [5.74, 6) is 0.400. The van der Waals surface area contributed by atoms with E-state index in [0.717, 1.165) is 44.1 Å². The smallest absolute Gasteiger partial charge is 0.253 e. The molecule has 1 aliphatic heterocycles. The molecule has 2 N–H and O–H groups in total. The fourth-order valence-electron chi connectivity index (χ4n) is 3.23. The van der Waals surface area contributed by atoms with Crippen LogP contribution in [0.3, 0.4) is 0 Å². The van der Waals surface area contributed by atoms with Crippen molar-refractivity contribution in [2.24, 2.45) is 11.7 Å². The summed E-state index contributed by atoms with van der Waals surface area (Å²) in [6.07, 6.45) is 3.73. The molecule has 2 fully saturated rings. The van der Waals surface area contributed by atoms with Crippen LogP contribution in [0.15, 0.2) is 18.2 Å². The average molecular weight is 315 g/mol. The molecule has 124 valence electrons. The minimum atomic E-state index is -0.483. The summed E-state index contributed by atoms with van der Waals surface area (Å²) in [4.78, 5) is 28.6. The highest BCUT2D eigenvalue weighted by atomic mass is 16.2. The van der Waals surface area contributed by atoms with Gasteiger partial charge in [-0.3, -0.25) is 9.59 Å². The summed E-state index contributed by atoms with van der Waals surface area (Å²) in [5.41, 5.74) is 7.18. The molecule has 3 rings (SSSR count). The van der Waals surface area contributed by atoms with Gasteiger partial charge in [0.25, 0.3) is 5.91 Å². The fraction of sp³-hybridized carbons (Fsp3) is 0.556. The Hall–Kier alpha value is -1.88. The summed E-state index contributed by atoms with van der Waals surface area (Å²) >= 11 is 0. The van der Waals surface area contributed by atoms with Crippen LogP contribution in [-0.2, 0) is 0 Å². The van der Waals surface area contributed by atoms with E-state index in [1.165, 1.54) is 19.4 Å². The quantitative estimate of drug-likeness (QED) is 0.919. The normalized spacial score (nSPS) is 19.4. The zero-order valence-electron chi connectivity index (χ0n) is 13.8. The number of benzene rings is 1. The number of amides is 2. The van der Waals surface area contributed by atoms with Crippen LogP contribution in [0.2, 0.25) is 0 Å². The van der Waals surface area contributed by atoms with Crippen molar-refractivity contribution in [3.8, 4) is 0 Å². The van der Waals surface area contributed by atoms with Gasteiger partial charge in [-0.15, -0.1) is 0 Å². The molecule has 1 saturated carbocycles. The van der Waals surface area contributed by atoms with E-state index in [1.54, 1.807) is 18.2 Å². The second-order valence-corrected chi connectivity index (χ2v) is 6.78. The summed E-state index contributed by atoms with van der Waals surface area (Å²) in [6.45, 7) is 6.55. The lowest BCUT2D eigenvalue weighted by atomic mass is 10.0. The first-order chi connectivity index (χ1) is 11.0. The number of hydrogen-bond acceptors (Lipinski definition) is 3. The SMILES string of the molecule is Cc1ccc(C(=O)N2CCCN(CC3CC3)CC2)cc1C(N)=O. The van der Waals surface area contributed by atoms with Gasteiger partial charge in [0.1, 0.15) is 0 Å². The molecule has 1 aromatic rings. The third-order valence-corrected chi connectivity index (χ3v) is 4.84. The van der Waals surface area contributed by atoms with Crippen LogP contribution in [0.4, 0.5) is 0 Å². The monoisotopic (exact) mass is 315 g/mol. The lowest BCUT2D eigenvalue weighted by Gasteiger charge is -2.22. The minimum Gasteiger partial charge on any atom is -0.366 e. The van der Waals surface area contributed by atoms with Gasteiger partial charge in [0.2, 0.25) is 5.91 Å². The predicted molar refractivity (Wildman–Crippen MR) is 89.4 cm³/mol. The van der Waals surface area contributed by atoms with Gasteiger partial charge in [-0.1, -0.05) is 6.07 Å². The van der Waals surface area contributed by atoms with Crippen molar-refractivity contribution >= 4 is 11.8 Å². The van der Waals surface area contributed by atoms with Crippen LogP contribution >= 0.6 is 0 Å². The number of primary amides is 1. The van der Waals surface area contributed by atoms with E-state index in [9.17, 15) is 9.59 Å². The summed E-state index contributed by atoms with van der Waals surface area (Å²) in [7, 11) is 0. The summed E-state index contributed by atoms with van der Waals surface area (Å²) < 4.78 is 0. The molecule has 0 radical (unpaired) electrons. The van der Waals surface area contributed by atoms with Crippen LogP contribution in [0.25, 0.3) is 0 Å². The largest absolute Gasteiger partial charge is 0.366 e. The van der Waals surface area contributed by atoms with E-state index < -0.39 is 5.91 Å². The van der Waals surface area contributed by atoms with E-state index in [1.807, 2.05) is 11.8 Å². The van der Waals surface area contributed by atoms with Gasteiger partial charge in [-0.2, -0.15) is 0 Å². The Labute approximate surface area is 137 Å². The molecule has 1 aliphatic carbocycles. The Morgan fingerprint density at radius 1 is 1.17 bits per heavy atom. The Morgan fingerprint density at radius 2 is 1.96 bits per heavy atom. The molecular weight excluding hydrogens is 290 g/mol. The van der Waals surface area contributed by atoms with Crippen LogP contribution in [0.5, 0.6) is 0 Å². The van der Waals surface area contributed by atoms with Crippen LogP contribution < -0.4 is 5.73 Å². The lowest BCUT2D eigenvalue weighted by molar-refractivity contribution is 0.0761. The number of rotatable bonds is 4. The average Bonchev–Trinajstić information content (AvgIpc) is 3.35. The molecule has 0 bridgehead atoms. The molecule has 1 saturated heterocycles. The fourth-order valence-corrected chi connectivity index (χ4v) is 3.23. The van der Waals surface area contributed by atoms with Crippen molar-refractivity contribution in [1.82, 2.24) is 9.80 Å². The van der Waals surface area contributed by atoms with Crippen molar-refractivity contribution in [2.75, 3.05) is 32.7 Å². The minimum absolute atomic E-state index is 0.000715. The van der Waals surface area contributed by atoms with Gasteiger partial charge in [0.15, 0.2) is 0 Å². The van der Waals surface area contributed by atoms with Crippen molar-refractivity contribution in [1.29, 1.82) is 0 Å². The van der Waals surface area contributed by atoms with Gasteiger partial charge in [-0.25, -0.2) is 0 Å². The summed E-state index contributed by atoms with van der Waals surface area (Å²) in [5, 5.41) is 0. The van der Waals surface area contributed by atoms with Gasteiger partial charge >= 0.3 is 0 Å². The number of carbonyl (C=O) groups is 2. The van der Waals surface area contributed by atoms with Crippen molar-refractivity contribution < 1.29 is 9.59 Å². The van der Waals surface area contributed by atoms with E-state index in [4.69, 9.17) is 5.73 Å². The first-order valence-corrected chi connectivity index (χ1v) is 8.46. The topological polar surface area (TPSA) is 66.6 Å². The zero-order valence-corrected chi connectivity index (χ0v) is 13.8. The highest BCUT2D eigenvalue weighted by Crippen LogP contribution is 2.30. The first kappa shape index (κ1) is 16.0. The van der Waals surface area contributed by atoms with Crippen LogP contribution in [0.1, 0.15) is 45.5 Å². The van der Waals surface area contributed by atoms with E-state index >= 15 is 0 Å². The number of aryl methyl sites for hydroxylation is 1. The molecule has 2 amide bonds. The molecule has 0 unspecified atom stereocenters. The number of hydrogen-bond donors (Lipinski definition) is 1. The maximum atomic E-state index is 12.7. The highest BCUT2D eigenvalue weighted by molar-refractivity contribution is 6.00. The first-order valence-electron chi connectivity index (χ1n) is 8.46. The third kappa shape index (κ3) is 3.91. The molecule has 0 aromatic heterocycles. The van der Waals surface area contributed by atoms with E-state index in [-0.39, 0.29) is 5.91 Å². The molecule has 23 heavy (non-hydrogen) atoms. The van der Waals surface area contributed by atoms with Gasteiger partial charge in [0, 0.05) is 37.3 Å². The summed E-state index contributed by atoms with van der Waals surface area (Å²) in [6, 6.07) is 5.22. The predicted octanol–water partition coefficient (Wildman–Crippen LogP) is 1.65. The molecule has 0 spiro atoms. The molecular formula is C18H25N3O2. The van der Waals surface area contributed by atoms with Gasteiger partial charge in [-0.05, 0) is 56.3 Å². The zero-order chi connectivity index (χ0) is 16.4. The number of nitrogens with two attached hydrogens (primary N) is 1. The third-order valence-electron chi connectivity index (χ3n) is 4.84. The van der Waals surface area contributed by atoms with E-state index in [2.05, 4.69) is 4.90 Å². The molecule has 2 aliphatic rings. The highest BCUT2D eigenvalue weighted by Gasteiger charge is 2.26. The maximum absolute atomic E-state index is 12.7. The van der Waals surface area contributed by atoms with Gasteiger partial charge in [0.05, 0.1) is 0 Å². The maximum Gasteiger partial charge on any atom is 0.253 e. The Balaban J connectivity index is 1.67. The molecule has 0 atom stereocenters. The van der Waals surface area contributed by atoms with Crippen molar-refractivity contribution in [3.63, 3.8) is 0 Å². The molecule has 5 nitrogen and oxygen atoms in total. The van der Waals surface area contributed by atoms with Crippen molar-refractivity contribution in [3.05, 3.63) is 34.9 Å². The number of nitrogens with zero attached hydrogens (tertiary/aromatic N) is 2. The molecule has 1 heterocycles. The second kappa shape index (κ2) is 6.71. The Morgan fingerprint density at radius 3 is 2.65 bits per heavy atom. The van der Waals surface area contributed by atoms with Crippen LogP contribution in [-0.4, -0.2) is 54.3 Å². The molecule has 1 aromatic carbocycles. The van der Waals surface area contributed by atoms with Gasteiger partial charge < -0.3 is 15.5 Å². The standard InChI is InChI=1S/C18H25N3O2/c1-13-3-6-15(11-16(13)17(19)22)18(23)21-8-2-7-20(9-10-21)12-14-4-5-14/h3,6,11,14H,2,4-5,7-10,12H2,1H3,(H2,19,22). The second-order valence-electron chi connectivity index (χ2n) is 6.78. The lowest BCUT2D eigenvalue weighted by Crippen LogP contribution is -2.35. The Kier molecular flexibility index (Phi) is 4.66. The Bertz CT molecular complexity index is 610. The number of carbonyl (C=O) groups excluding carboxylic acids is 2. The van der Waals surface area contributed by atoms with E-state index in [0.29, 0.717) is 11.1 Å². The van der Waals surface area contributed by atoms with Crippen molar-refractivity contribution in [2.45, 2.75) is 26.2 Å². The molecule has 5 heteroatoms.